The topological polar surface area (TPSA) is 60.4 Å². The summed E-state index contributed by atoms with van der Waals surface area (Å²) in [6.07, 6.45) is 1.50. The van der Waals surface area contributed by atoms with E-state index < -0.39 is 11.4 Å². The van der Waals surface area contributed by atoms with Crippen LogP contribution in [0.15, 0.2) is 0 Å². The lowest BCUT2D eigenvalue weighted by Crippen LogP contribution is -2.43. The Morgan fingerprint density at radius 2 is 2.07 bits per heavy atom. The van der Waals surface area contributed by atoms with E-state index in [2.05, 4.69) is 4.74 Å². The molecule has 1 unspecified atom stereocenters. The second-order valence-corrected chi connectivity index (χ2v) is 3.70. The van der Waals surface area contributed by atoms with E-state index >= 15 is 0 Å². The molecule has 4 nitrogen and oxygen atoms in total. The fourth-order valence-corrected chi connectivity index (χ4v) is 1.91. The van der Waals surface area contributed by atoms with E-state index in [0.29, 0.717) is 19.3 Å². The van der Waals surface area contributed by atoms with Crippen molar-refractivity contribution in [1.82, 2.24) is 0 Å². The lowest BCUT2D eigenvalue weighted by molar-refractivity contribution is -0.162. The molecule has 1 aliphatic carbocycles. The van der Waals surface area contributed by atoms with Gasteiger partial charge in [-0.2, -0.15) is 0 Å². The van der Waals surface area contributed by atoms with Crippen molar-refractivity contribution in [3.05, 3.63) is 0 Å². The fraction of sp³-hybridized carbons (Fsp3) is 0.700. The zero-order valence-corrected chi connectivity index (χ0v) is 8.46. The molecule has 4 heteroatoms. The maximum Gasteiger partial charge on any atom is 0.319 e. The van der Waals surface area contributed by atoms with Crippen LogP contribution in [-0.4, -0.2) is 24.6 Å². The standard InChI is InChI=1S/C10H14O4/c1-7(11)10(9(13)14-2)5-3-4-8(12)6-10/h3-6H2,1-2H3. The Labute approximate surface area is 82.6 Å². The summed E-state index contributed by atoms with van der Waals surface area (Å²) < 4.78 is 4.59. The van der Waals surface area contributed by atoms with Crippen molar-refractivity contribution in [2.75, 3.05) is 7.11 Å². The summed E-state index contributed by atoms with van der Waals surface area (Å²) >= 11 is 0. The number of carbonyl (C=O) groups excluding carboxylic acids is 3. The molecule has 0 saturated heterocycles. The molecule has 1 fully saturated rings. The van der Waals surface area contributed by atoms with Crippen molar-refractivity contribution in [3.8, 4) is 0 Å². The summed E-state index contributed by atoms with van der Waals surface area (Å²) in [5.74, 6) is -0.868. The molecule has 0 aromatic carbocycles. The molecule has 0 N–H and O–H groups in total. The molecule has 0 aliphatic heterocycles. The monoisotopic (exact) mass is 198 g/mol. The Morgan fingerprint density at radius 3 is 2.50 bits per heavy atom. The Hall–Kier alpha value is -1.19. The van der Waals surface area contributed by atoms with E-state index in [0.717, 1.165) is 0 Å². The second-order valence-electron chi connectivity index (χ2n) is 3.70. The third-order valence-corrected chi connectivity index (χ3v) is 2.81. The van der Waals surface area contributed by atoms with Crippen molar-refractivity contribution in [2.24, 2.45) is 5.41 Å². The van der Waals surface area contributed by atoms with Gasteiger partial charge in [0.25, 0.3) is 0 Å². The highest BCUT2D eigenvalue weighted by molar-refractivity contribution is 6.06. The lowest BCUT2D eigenvalue weighted by Gasteiger charge is -2.30. The van der Waals surface area contributed by atoms with Gasteiger partial charge in [-0.3, -0.25) is 14.4 Å². The molecule has 0 aromatic heterocycles. The first-order chi connectivity index (χ1) is 6.53. The molecule has 1 saturated carbocycles. The number of hydrogen-bond donors (Lipinski definition) is 0. The van der Waals surface area contributed by atoms with Crippen LogP contribution in [0, 0.1) is 5.41 Å². The summed E-state index contributed by atoms with van der Waals surface area (Å²) in [4.78, 5) is 34.1. The summed E-state index contributed by atoms with van der Waals surface area (Å²) in [5, 5.41) is 0. The van der Waals surface area contributed by atoms with Crippen LogP contribution in [0.2, 0.25) is 0 Å². The number of esters is 1. The minimum atomic E-state index is -1.19. The van der Waals surface area contributed by atoms with Crippen molar-refractivity contribution in [3.63, 3.8) is 0 Å². The van der Waals surface area contributed by atoms with Crippen LogP contribution in [0.5, 0.6) is 0 Å². The Balaban J connectivity index is 2.97. The lowest BCUT2D eigenvalue weighted by atomic mass is 9.71. The van der Waals surface area contributed by atoms with Crippen LogP contribution >= 0.6 is 0 Å². The van der Waals surface area contributed by atoms with Gasteiger partial charge in [0.1, 0.15) is 17.0 Å². The van der Waals surface area contributed by atoms with Gasteiger partial charge in [0.15, 0.2) is 0 Å². The van der Waals surface area contributed by atoms with Crippen LogP contribution in [0.4, 0.5) is 0 Å². The third-order valence-electron chi connectivity index (χ3n) is 2.81. The van der Waals surface area contributed by atoms with Gasteiger partial charge in [-0.1, -0.05) is 0 Å². The highest BCUT2D eigenvalue weighted by atomic mass is 16.5. The summed E-state index contributed by atoms with van der Waals surface area (Å²) in [7, 11) is 1.24. The molecular formula is C10H14O4. The number of hydrogen-bond acceptors (Lipinski definition) is 4. The van der Waals surface area contributed by atoms with E-state index in [9.17, 15) is 14.4 Å². The van der Waals surface area contributed by atoms with E-state index in [4.69, 9.17) is 0 Å². The van der Waals surface area contributed by atoms with Crippen molar-refractivity contribution >= 4 is 17.5 Å². The minimum absolute atomic E-state index is 0.00894. The molecule has 0 spiro atoms. The average molecular weight is 198 g/mol. The number of ether oxygens (including phenoxy) is 1. The predicted molar refractivity (Wildman–Crippen MR) is 48.6 cm³/mol. The summed E-state index contributed by atoms with van der Waals surface area (Å²) in [6.45, 7) is 1.34. The van der Waals surface area contributed by atoms with Gasteiger partial charge in [-0.05, 0) is 19.8 Å². The fourth-order valence-electron chi connectivity index (χ4n) is 1.91. The van der Waals surface area contributed by atoms with Gasteiger partial charge in [-0.15, -0.1) is 0 Å². The first kappa shape index (κ1) is 10.9. The Kier molecular flexibility index (Phi) is 3.03. The third kappa shape index (κ3) is 1.69. The first-order valence-corrected chi connectivity index (χ1v) is 4.64. The number of methoxy groups -OCH3 is 1. The van der Waals surface area contributed by atoms with E-state index in [1.54, 1.807) is 0 Å². The molecule has 0 bridgehead atoms. The molecular weight excluding hydrogens is 184 g/mol. The van der Waals surface area contributed by atoms with Crippen LogP contribution < -0.4 is 0 Å². The summed E-state index contributed by atoms with van der Waals surface area (Å²) in [5.41, 5.74) is -1.19. The molecule has 1 atom stereocenters. The molecule has 0 heterocycles. The number of Topliss-reactive ketones (excluding diaryl/α,β-unsaturated/α-hetero) is 2. The van der Waals surface area contributed by atoms with Gasteiger partial charge >= 0.3 is 5.97 Å². The Bertz CT molecular complexity index is 282. The van der Waals surface area contributed by atoms with Gasteiger partial charge in [0.2, 0.25) is 0 Å². The quantitative estimate of drug-likeness (QED) is 0.488. The van der Waals surface area contributed by atoms with Crippen LogP contribution in [0.25, 0.3) is 0 Å². The molecule has 0 radical (unpaired) electrons. The average Bonchev–Trinajstić information content (AvgIpc) is 2.16. The van der Waals surface area contributed by atoms with Crippen LogP contribution in [0.1, 0.15) is 32.6 Å². The molecule has 1 rings (SSSR count). The zero-order chi connectivity index (χ0) is 10.8. The van der Waals surface area contributed by atoms with Crippen LogP contribution in [-0.2, 0) is 19.1 Å². The van der Waals surface area contributed by atoms with Gasteiger partial charge in [0, 0.05) is 12.8 Å². The van der Waals surface area contributed by atoms with Crippen molar-refractivity contribution < 1.29 is 19.1 Å². The molecule has 14 heavy (non-hydrogen) atoms. The second kappa shape index (κ2) is 3.90. The predicted octanol–water partition coefficient (Wildman–Crippen LogP) is 0.878. The molecule has 0 aromatic rings. The highest BCUT2D eigenvalue weighted by Crippen LogP contribution is 2.36. The molecule has 1 aliphatic rings. The normalized spacial score (nSPS) is 27.1. The Morgan fingerprint density at radius 1 is 1.43 bits per heavy atom. The largest absolute Gasteiger partial charge is 0.468 e. The van der Waals surface area contributed by atoms with Crippen LogP contribution in [0.3, 0.4) is 0 Å². The SMILES string of the molecule is COC(=O)C1(C(C)=O)CCCC(=O)C1. The van der Waals surface area contributed by atoms with Gasteiger partial charge in [-0.25, -0.2) is 0 Å². The van der Waals surface area contributed by atoms with Gasteiger partial charge < -0.3 is 4.74 Å². The first-order valence-electron chi connectivity index (χ1n) is 4.64. The summed E-state index contributed by atoms with van der Waals surface area (Å²) in [6, 6.07) is 0. The van der Waals surface area contributed by atoms with Crippen molar-refractivity contribution in [2.45, 2.75) is 32.6 Å². The molecule has 78 valence electrons. The maximum absolute atomic E-state index is 11.5. The zero-order valence-electron chi connectivity index (χ0n) is 8.46. The number of carbonyl (C=O) groups is 3. The maximum atomic E-state index is 11.5. The number of ketones is 2. The minimum Gasteiger partial charge on any atom is -0.468 e. The van der Waals surface area contributed by atoms with Crippen molar-refractivity contribution in [1.29, 1.82) is 0 Å². The highest BCUT2D eigenvalue weighted by Gasteiger charge is 2.47. The van der Waals surface area contributed by atoms with E-state index in [1.165, 1.54) is 14.0 Å². The van der Waals surface area contributed by atoms with Gasteiger partial charge in [0.05, 0.1) is 7.11 Å². The molecule has 0 amide bonds. The van der Waals surface area contributed by atoms with E-state index in [1.807, 2.05) is 0 Å². The number of rotatable bonds is 2. The smallest absolute Gasteiger partial charge is 0.319 e. The van der Waals surface area contributed by atoms with E-state index in [-0.39, 0.29) is 18.0 Å².